The Morgan fingerprint density at radius 3 is 2.67 bits per heavy atom. The highest BCUT2D eigenvalue weighted by Gasteiger charge is 2.37. The lowest BCUT2D eigenvalue weighted by atomic mass is 10.3. The molecule has 0 aliphatic carbocycles. The minimum absolute atomic E-state index is 0.274. The van der Waals surface area contributed by atoms with Crippen LogP contribution in [0.2, 0.25) is 0 Å². The van der Waals surface area contributed by atoms with Gasteiger partial charge in [0, 0.05) is 14.7 Å². The normalized spacial score (nSPS) is 17.0. The van der Waals surface area contributed by atoms with Crippen molar-refractivity contribution in [3.63, 3.8) is 0 Å². The van der Waals surface area contributed by atoms with Crippen LogP contribution in [0.5, 0.6) is 0 Å². The molecule has 1 aliphatic rings. The summed E-state index contributed by atoms with van der Waals surface area (Å²) in [5, 5.41) is 7.94. The maximum Gasteiger partial charge on any atom is 0.383 e. The van der Waals surface area contributed by atoms with Crippen LogP contribution in [0.1, 0.15) is 22.5 Å². The number of fused-ring (bicyclic) bond motifs is 1. The van der Waals surface area contributed by atoms with E-state index in [4.69, 9.17) is 11.6 Å². The fourth-order valence-corrected chi connectivity index (χ4v) is 3.64. The van der Waals surface area contributed by atoms with Crippen molar-refractivity contribution in [1.82, 2.24) is 14.9 Å². The third-order valence-corrected chi connectivity index (χ3v) is 4.90. The van der Waals surface area contributed by atoms with E-state index in [2.05, 4.69) is 15.3 Å². The van der Waals surface area contributed by atoms with E-state index >= 15 is 0 Å². The summed E-state index contributed by atoms with van der Waals surface area (Å²) in [6.45, 7) is 3.77. The van der Waals surface area contributed by atoms with E-state index < -0.39 is 11.2 Å². The monoisotopic (exact) mass is 346 g/mol. The van der Waals surface area contributed by atoms with Gasteiger partial charge in [-0.2, -0.15) is 18.6 Å². The first-order chi connectivity index (χ1) is 9.84. The van der Waals surface area contributed by atoms with E-state index in [1.807, 2.05) is 25.1 Å². The van der Waals surface area contributed by atoms with Gasteiger partial charge in [-0.25, -0.2) is 0 Å². The molecule has 4 nitrogen and oxygen atoms in total. The van der Waals surface area contributed by atoms with Crippen LogP contribution in [0.3, 0.4) is 0 Å². The first-order valence-electron chi connectivity index (χ1n) is 5.89. The van der Waals surface area contributed by atoms with Gasteiger partial charge >= 0.3 is 5.38 Å². The highest BCUT2D eigenvalue weighted by molar-refractivity contribution is 8.04. The summed E-state index contributed by atoms with van der Waals surface area (Å²) in [5.74, 6) is -0.669. The molecule has 0 fully saturated rings. The highest BCUT2D eigenvalue weighted by atomic mass is 35.5. The van der Waals surface area contributed by atoms with Crippen molar-refractivity contribution in [1.29, 1.82) is 0 Å². The van der Waals surface area contributed by atoms with Crippen molar-refractivity contribution in [2.45, 2.75) is 24.4 Å². The molecule has 3 rings (SSSR count). The molecular weight excluding hydrogens is 338 g/mol. The number of allylic oxidation sites excluding steroid dienone is 1. The van der Waals surface area contributed by atoms with Crippen molar-refractivity contribution < 1.29 is 8.78 Å². The molecule has 0 saturated carbocycles. The largest absolute Gasteiger partial charge is 0.383 e. The number of hydrogen-bond donors (Lipinski definition) is 0. The lowest BCUT2D eigenvalue weighted by molar-refractivity contribution is 0.0799. The number of nitrogens with zero attached hydrogens (tertiary/aromatic N) is 4. The second-order valence-corrected chi connectivity index (χ2v) is 7.16. The Morgan fingerprint density at radius 1 is 1.29 bits per heavy atom. The molecule has 21 heavy (non-hydrogen) atoms. The minimum Gasteiger partial charge on any atom is -0.184 e. The molecule has 0 N–H and O–H groups in total. The summed E-state index contributed by atoms with van der Waals surface area (Å²) >= 11 is 7.89. The first kappa shape index (κ1) is 14.7. The number of aromatic nitrogens is 3. The van der Waals surface area contributed by atoms with Gasteiger partial charge in [0.1, 0.15) is 0 Å². The zero-order valence-electron chi connectivity index (χ0n) is 11.0. The summed E-state index contributed by atoms with van der Waals surface area (Å²) in [7, 11) is 0. The van der Waals surface area contributed by atoms with Crippen LogP contribution in [0.25, 0.3) is 6.08 Å². The maximum atomic E-state index is 13.2. The van der Waals surface area contributed by atoms with Gasteiger partial charge in [0.15, 0.2) is 0 Å². The second-order valence-electron chi connectivity index (χ2n) is 4.36. The number of halogens is 3. The Kier molecular flexibility index (Phi) is 3.62. The quantitative estimate of drug-likeness (QED) is 0.761. The molecule has 0 saturated heterocycles. The van der Waals surface area contributed by atoms with Crippen molar-refractivity contribution in [2.75, 3.05) is 0 Å². The van der Waals surface area contributed by atoms with E-state index in [-0.39, 0.29) is 5.16 Å². The van der Waals surface area contributed by atoms with Crippen LogP contribution < -0.4 is 0 Å². The van der Waals surface area contributed by atoms with Crippen LogP contribution in [0.15, 0.2) is 27.3 Å². The van der Waals surface area contributed by atoms with Gasteiger partial charge in [-0.05, 0) is 55.4 Å². The van der Waals surface area contributed by atoms with E-state index in [1.165, 1.54) is 16.6 Å². The average Bonchev–Trinajstić information content (AvgIpc) is 2.95. The van der Waals surface area contributed by atoms with Gasteiger partial charge in [0.25, 0.3) is 0 Å². The zero-order valence-corrected chi connectivity index (χ0v) is 13.4. The van der Waals surface area contributed by atoms with Gasteiger partial charge in [0.2, 0.25) is 11.0 Å². The molecule has 2 aromatic heterocycles. The van der Waals surface area contributed by atoms with Gasteiger partial charge in [0.05, 0.1) is 5.71 Å². The van der Waals surface area contributed by atoms with Crippen LogP contribution in [0.4, 0.5) is 8.78 Å². The number of thiophene rings is 1. The number of hydrogen-bond acceptors (Lipinski definition) is 5. The molecule has 9 heteroatoms. The van der Waals surface area contributed by atoms with E-state index in [0.717, 1.165) is 14.5 Å². The number of alkyl halides is 3. The highest BCUT2D eigenvalue weighted by Crippen LogP contribution is 2.38. The predicted octanol–water partition coefficient (Wildman–Crippen LogP) is 4.31. The van der Waals surface area contributed by atoms with Crippen molar-refractivity contribution in [3.8, 4) is 0 Å². The average molecular weight is 347 g/mol. The van der Waals surface area contributed by atoms with Crippen molar-refractivity contribution >= 4 is 46.5 Å². The second kappa shape index (κ2) is 5.19. The van der Waals surface area contributed by atoms with Gasteiger partial charge in [-0.3, -0.25) is 0 Å². The zero-order chi connectivity index (χ0) is 15.2. The van der Waals surface area contributed by atoms with Gasteiger partial charge in [-0.1, -0.05) is 0 Å². The molecule has 3 heterocycles. The summed E-state index contributed by atoms with van der Waals surface area (Å²) in [4.78, 5) is 3.12. The van der Waals surface area contributed by atoms with Crippen molar-refractivity contribution in [3.05, 3.63) is 32.6 Å². The van der Waals surface area contributed by atoms with Crippen LogP contribution in [-0.4, -0.2) is 20.6 Å². The molecule has 2 aromatic rings. The molecule has 0 spiro atoms. The smallest absolute Gasteiger partial charge is 0.184 e. The van der Waals surface area contributed by atoms with E-state index in [9.17, 15) is 8.78 Å². The fraction of sp³-hybridized carbons (Fsp3) is 0.250. The fourth-order valence-electron chi connectivity index (χ4n) is 1.76. The van der Waals surface area contributed by atoms with Gasteiger partial charge < -0.3 is 0 Å². The van der Waals surface area contributed by atoms with Crippen LogP contribution in [0, 0.1) is 6.92 Å². The Bertz CT molecular complexity index is 758. The van der Waals surface area contributed by atoms with Crippen molar-refractivity contribution in [2.24, 2.45) is 5.10 Å². The van der Waals surface area contributed by atoms with Crippen LogP contribution >= 0.6 is 34.7 Å². The lowest BCUT2D eigenvalue weighted by Gasteiger charge is -2.14. The summed E-state index contributed by atoms with van der Waals surface area (Å²) in [6, 6.07) is 4.02. The lowest BCUT2D eigenvalue weighted by Crippen LogP contribution is -2.15. The van der Waals surface area contributed by atoms with Crippen LogP contribution in [-0.2, 0) is 5.38 Å². The Morgan fingerprint density at radius 2 is 2.05 bits per heavy atom. The van der Waals surface area contributed by atoms with E-state index in [0.29, 0.717) is 5.71 Å². The third-order valence-electron chi connectivity index (χ3n) is 2.71. The first-order valence-corrected chi connectivity index (χ1v) is 7.90. The summed E-state index contributed by atoms with van der Waals surface area (Å²) in [5.41, 5.74) is 0.612. The Balaban J connectivity index is 2.00. The Hall–Kier alpha value is -1.25. The standard InChI is InChI=1S/C12H9ClF2N4S2/c1-6-3-4-8(20-6)5-9-7(2)18-19-10(12(13,14)15)16-17-11(19)21-9/h3-5H,1-2H3/b9-5-. The molecule has 0 aromatic carbocycles. The molecule has 0 atom stereocenters. The molecule has 0 radical (unpaired) electrons. The molecule has 0 bridgehead atoms. The number of rotatable bonds is 2. The third kappa shape index (κ3) is 2.88. The molecule has 1 aliphatic heterocycles. The van der Waals surface area contributed by atoms with E-state index in [1.54, 1.807) is 18.3 Å². The molecule has 110 valence electrons. The summed E-state index contributed by atoms with van der Waals surface area (Å²) in [6.07, 6.45) is 1.96. The SMILES string of the molecule is CC1=Nn2c(nnc2C(F)(F)Cl)S/C1=C\c1ccc(C)s1. The van der Waals surface area contributed by atoms with Gasteiger partial charge in [-0.15, -0.1) is 21.5 Å². The molecule has 0 unspecified atom stereocenters. The topological polar surface area (TPSA) is 43.1 Å². The number of aryl methyl sites for hydroxylation is 1. The minimum atomic E-state index is -3.60. The maximum absolute atomic E-state index is 13.2. The number of thioether (sulfide) groups is 1. The predicted molar refractivity (Wildman–Crippen MR) is 81.2 cm³/mol. The summed E-state index contributed by atoms with van der Waals surface area (Å²) < 4.78 is 27.4. The molecule has 0 amide bonds. The Labute approximate surface area is 132 Å². The molecular formula is C12H9ClF2N4S2.